The van der Waals surface area contributed by atoms with E-state index in [2.05, 4.69) is 15.9 Å². The molecule has 2 fully saturated rings. The van der Waals surface area contributed by atoms with E-state index >= 15 is 0 Å². The van der Waals surface area contributed by atoms with Crippen LogP contribution < -0.4 is 0 Å². The molecule has 126 valence electrons. The van der Waals surface area contributed by atoms with Crippen LogP contribution in [0.2, 0.25) is 0 Å². The van der Waals surface area contributed by atoms with Gasteiger partial charge in [-0.15, -0.1) is 11.3 Å². The fourth-order valence-corrected chi connectivity index (χ4v) is 4.63. The van der Waals surface area contributed by atoms with Crippen molar-refractivity contribution in [2.45, 2.75) is 44.4 Å². The van der Waals surface area contributed by atoms with Gasteiger partial charge in [-0.05, 0) is 32.9 Å². The van der Waals surface area contributed by atoms with Crippen molar-refractivity contribution in [2.24, 2.45) is 0 Å². The first-order valence-electron chi connectivity index (χ1n) is 7.57. The molecule has 2 aliphatic heterocycles. The Morgan fingerprint density at radius 1 is 1.48 bits per heavy atom. The van der Waals surface area contributed by atoms with Gasteiger partial charge in [-0.2, -0.15) is 0 Å². The van der Waals surface area contributed by atoms with E-state index in [4.69, 9.17) is 9.47 Å². The first kappa shape index (κ1) is 16.9. The van der Waals surface area contributed by atoms with Gasteiger partial charge in [0.2, 0.25) is 0 Å². The molecule has 5 nitrogen and oxygen atoms in total. The average molecular weight is 402 g/mol. The van der Waals surface area contributed by atoms with Crippen LogP contribution in [0.25, 0.3) is 0 Å². The number of nitrogens with zero attached hydrogens (tertiary/aromatic N) is 1. The number of amides is 1. The van der Waals surface area contributed by atoms with E-state index in [9.17, 15) is 9.59 Å². The van der Waals surface area contributed by atoms with Gasteiger partial charge in [0.1, 0.15) is 11.2 Å². The number of hydrogen-bond acceptors (Lipinski definition) is 5. The molecule has 0 aromatic carbocycles. The van der Waals surface area contributed by atoms with Crippen molar-refractivity contribution in [1.29, 1.82) is 0 Å². The molecule has 0 radical (unpaired) electrons. The average Bonchev–Trinajstić information content (AvgIpc) is 3.18. The lowest BCUT2D eigenvalue weighted by Gasteiger charge is -2.33. The Morgan fingerprint density at radius 2 is 2.22 bits per heavy atom. The second-order valence-corrected chi connectivity index (χ2v) is 8.64. The van der Waals surface area contributed by atoms with Crippen LogP contribution in [0.4, 0.5) is 4.79 Å². The van der Waals surface area contributed by atoms with Crippen LogP contribution in [0.5, 0.6) is 0 Å². The highest BCUT2D eigenvalue weighted by molar-refractivity contribution is 9.09. The first-order chi connectivity index (χ1) is 10.7. The molecule has 1 aromatic heterocycles. The van der Waals surface area contributed by atoms with Gasteiger partial charge in [-0.1, -0.05) is 15.9 Å². The van der Waals surface area contributed by atoms with Gasteiger partial charge < -0.3 is 9.47 Å². The van der Waals surface area contributed by atoms with Crippen LogP contribution in [0.3, 0.4) is 0 Å². The number of halogens is 1. The minimum atomic E-state index is -0.509. The van der Waals surface area contributed by atoms with Crippen molar-refractivity contribution in [3.05, 3.63) is 21.9 Å². The number of rotatable bonds is 3. The van der Waals surface area contributed by atoms with Gasteiger partial charge in [0.25, 0.3) is 0 Å². The summed E-state index contributed by atoms with van der Waals surface area (Å²) in [6.45, 7) is 6.59. The number of carbonyl (C=O) groups excluding carboxylic acids is 2. The van der Waals surface area contributed by atoms with Gasteiger partial charge in [0.15, 0.2) is 5.78 Å². The van der Waals surface area contributed by atoms with Crippen LogP contribution in [-0.4, -0.2) is 46.9 Å². The number of likely N-dealkylation sites (tertiary alicyclic amines) is 1. The third kappa shape index (κ3) is 3.19. The molecule has 1 unspecified atom stereocenters. The number of alkyl halides is 1. The standard InChI is InChI=1S/C16H20BrNO4S/c1-15(2,3)22-14(20)18-9-16(6-10(18)8-21-16)13-5-4-12(23-13)11(19)7-17/h4-5,10H,6-9H2,1-3H3/t10?,16-/m0/s1. The predicted octanol–water partition coefficient (Wildman–Crippen LogP) is 3.56. The molecule has 3 rings (SSSR count). The molecular formula is C16H20BrNO4S. The smallest absolute Gasteiger partial charge is 0.410 e. The number of thiophene rings is 1. The van der Waals surface area contributed by atoms with E-state index in [1.807, 2.05) is 32.9 Å². The Balaban J connectivity index is 1.78. The molecule has 0 N–H and O–H groups in total. The summed E-state index contributed by atoms with van der Waals surface area (Å²) in [5.41, 5.74) is -0.998. The van der Waals surface area contributed by atoms with Crippen LogP contribution in [0.15, 0.2) is 12.1 Å². The maximum atomic E-state index is 12.4. The molecular weight excluding hydrogens is 382 g/mol. The Morgan fingerprint density at radius 3 is 2.87 bits per heavy atom. The van der Waals surface area contributed by atoms with Crippen LogP contribution in [-0.2, 0) is 15.1 Å². The van der Waals surface area contributed by atoms with E-state index < -0.39 is 11.2 Å². The Labute approximate surface area is 148 Å². The molecule has 0 saturated carbocycles. The van der Waals surface area contributed by atoms with Gasteiger partial charge in [-0.3, -0.25) is 9.69 Å². The maximum absolute atomic E-state index is 12.4. The summed E-state index contributed by atoms with van der Waals surface area (Å²) >= 11 is 4.65. The maximum Gasteiger partial charge on any atom is 0.410 e. The Bertz CT molecular complexity index is 638. The largest absolute Gasteiger partial charge is 0.444 e. The first-order valence-corrected chi connectivity index (χ1v) is 9.51. The lowest BCUT2D eigenvalue weighted by atomic mass is 10.0. The quantitative estimate of drug-likeness (QED) is 0.573. The molecule has 0 spiro atoms. The van der Waals surface area contributed by atoms with E-state index in [1.165, 1.54) is 11.3 Å². The van der Waals surface area contributed by atoms with Crippen molar-refractivity contribution in [1.82, 2.24) is 4.90 Å². The highest BCUT2D eigenvalue weighted by Gasteiger charge is 2.55. The molecule has 2 aliphatic rings. The number of ether oxygens (including phenoxy) is 2. The summed E-state index contributed by atoms with van der Waals surface area (Å²) in [6, 6.07) is 3.83. The number of ketones is 1. The number of hydrogen-bond donors (Lipinski definition) is 0. The normalized spacial score (nSPS) is 26.6. The van der Waals surface area contributed by atoms with Gasteiger partial charge in [0, 0.05) is 11.3 Å². The molecule has 2 saturated heterocycles. The van der Waals surface area contributed by atoms with E-state index in [1.54, 1.807) is 4.90 Å². The lowest BCUT2D eigenvalue weighted by Crippen LogP contribution is -2.46. The molecule has 2 bridgehead atoms. The summed E-state index contributed by atoms with van der Waals surface area (Å²) < 4.78 is 11.5. The van der Waals surface area contributed by atoms with Crippen molar-refractivity contribution in [3.8, 4) is 0 Å². The minimum absolute atomic E-state index is 0.0438. The molecule has 7 heteroatoms. The van der Waals surface area contributed by atoms with Crippen molar-refractivity contribution < 1.29 is 19.1 Å². The molecule has 3 heterocycles. The number of morpholine rings is 1. The topological polar surface area (TPSA) is 55.8 Å². The number of carbonyl (C=O) groups is 2. The molecule has 23 heavy (non-hydrogen) atoms. The fourth-order valence-electron chi connectivity index (χ4n) is 3.05. The second-order valence-electron chi connectivity index (χ2n) is 6.99. The summed E-state index contributed by atoms with van der Waals surface area (Å²) in [4.78, 5) is 27.7. The Kier molecular flexibility index (Phi) is 4.31. The minimum Gasteiger partial charge on any atom is -0.444 e. The second kappa shape index (κ2) is 5.86. The van der Waals surface area contributed by atoms with Crippen molar-refractivity contribution in [3.63, 3.8) is 0 Å². The SMILES string of the molecule is CC(C)(C)OC(=O)N1C[C@]2(c3ccc(C(=O)CBr)s3)CC1CO2. The summed E-state index contributed by atoms with van der Waals surface area (Å²) in [5, 5.41) is 0.313. The summed E-state index contributed by atoms with van der Waals surface area (Å²) in [6.07, 6.45) is 0.468. The van der Waals surface area contributed by atoms with Crippen LogP contribution in [0.1, 0.15) is 41.7 Å². The van der Waals surface area contributed by atoms with Crippen LogP contribution >= 0.6 is 27.3 Å². The molecule has 2 atom stereocenters. The monoisotopic (exact) mass is 401 g/mol. The number of Topliss-reactive ketones (excluding diaryl/α,β-unsaturated/α-hetero) is 1. The van der Waals surface area contributed by atoms with Gasteiger partial charge >= 0.3 is 6.09 Å². The predicted molar refractivity (Wildman–Crippen MR) is 91.4 cm³/mol. The lowest BCUT2D eigenvalue weighted by molar-refractivity contribution is -0.0540. The molecule has 1 aromatic rings. The summed E-state index contributed by atoms with van der Waals surface area (Å²) in [5.74, 6) is 0.0641. The zero-order chi connectivity index (χ0) is 16.8. The zero-order valence-electron chi connectivity index (χ0n) is 13.4. The van der Waals surface area contributed by atoms with Gasteiger partial charge in [0.05, 0.1) is 29.4 Å². The molecule has 0 aliphatic carbocycles. The van der Waals surface area contributed by atoms with E-state index in [-0.39, 0.29) is 17.9 Å². The Hall–Kier alpha value is -0.920. The highest BCUT2D eigenvalue weighted by atomic mass is 79.9. The van der Waals surface area contributed by atoms with Crippen LogP contribution in [0, 0.1) is 0 Å². The zero-order valence-corrected chi connectivity index (χ0v) is 15.8. The van der Waals surface area contributed by atoms with E-state index in [0.717, 1.165) is 11.3 Å². The van der Waals surface area contributed by atoms with E-state index in [0.29, 0.717) is 23.4 Å². The fraction of sp³-hybridized carbons (Fsp3) is 0.625. The van der Waals surface area contributed by atoms with Gasteiger partial charge in [-0.25, -0.2) is 4.79 Å². The third-order valence-electron chi connectivity index (χ3n) is 4.06. The number of fused-ring (bicyclic) bond motifs is 2. The van der Waals surface area contributed by atoms with Crippen molar-refractivity contribution >= 4 is 39.1 Å². The highest BCUT2D eigenvalue weighted by Crippen LogP contribution is 2.47. The third-order valence-corrected chi connectivity index (χ3v) is 5.88. The molecule has 1 amide bonds. The summed E-state index contributed by atoms with van der Waals surface area (Å²) in [7, 11) is 0. The van der Waals surface area contributed by atoms with Crippen molar-refractivity contribution in [2.75, 3.05) is 18.5 Å².